The molecule has 0 fully saturated rings. The second-order valence-electron chi connectivity index (χ2n) is 9.34. The molecule has 2 atom stereocenters. The molecule has 2 aliphatic rings. The zero-order valence-electron chi connectivity index (χ0n) is 21.1. The van der Waals surface area contributed by atoms with Crippen molar-refractivity contribution in [3.8, 4) is 0 Å². The maximum atomic E-state index is 14.0. The summed E-state index contributed by atoms with van der Waals surface area (Å²) in [5, 5.41) is 19.6. The van der Waals surface area contributed by atoms with E-state index in [1.807, 2.05) is 11.6 Å². The predicted molar refractivity (Wildman–Crippen MR) is 139 cm³/mol. The van der Waals surface area contributed by atoms with Gasteiger partial charge in [-0.1, -0.05) is 6.07 Å². The summed E-state index contributed by atoms with van der Waals surface area (Å²) in [6.45, 7) is 4.07. The van der Waals surface area contributed by atoms with Gasteiger partial charge in [-0.05, 0) is 61.9 Å². The molecule has 2 unspecified atom stereocenters. The van der Waals surface area contributed by atoms with E-state index in [-0.39, 0.29) is 24.8 Å². The second-order valence-corrected chi connectivity index (χ2v) is 10.2. The van der Waals surface area contributed by atoms with E-state index in [0.717, 1.165) is 28.9 Å². The molecule has 0 bridgehead atoms. The van der Waals surface area contributed by atoms with Crippen LogP contribution in [0.25, 0.3) is 0 Å². The molecule has 0 saturated heterocycles. The van der Waals surface area contributed by atoms with Crippen LogP contribution < -0.4 is 5.32 Å². The fourth-order valence-corrected chi connectivity index (χ4v) is 5.66. The van der Waals surface area contributed by atoms with Crippen LogP contribution in [0, 0.1) is 18.7 Å². The van der Waals surface area contributed by atoms with Gasteiger partial charge in [0, 0.05) is 29.4 Å². The summed E-state index contributed by atoms with van der Waals surface area (Å²) in [6.07, 6.45) is 5.63. The number of carbonyl (C=O) groups excluding carboxylic acids is 1. The number of aliphatic carboxylic acids is 1. The Kier molecular flexibility index (Phi) is 7.37. The van der Waals surface area contributed by atoms with Gasteiger partial charge in [-0.25, -0.2) is 14.2 Å². The van der Waals surface area contributed by atoms with Crippen molar-refractivity contribution in [3.63, 3.8) is 0 Å². The first-order chi connectivity index (χ1) is 18.3. The van der Waals surface area contributed by atoms with Crippen molar-refractivity contribution in [3.05, 3.63) is 80.5 Å². The van der Waals surface area contributed by atoms with Gasteiger partial charge in [-0.15, -0.1) is 11.3 Å². The molecule has 38 heavy (non-hydrogen) atoms. The van der Waals surface area contributed by atoms with Gasteiger partial charge in [-0.3, -0.25) is 14.5 Å². The van der Waals surface area contributed by atoms with Gasteiger partial charge in [0.25, 0.3) is 0 Å². The number of hydrogen-bond acceptors (Lipinski definition) is 8. The summed E-state index contributed by atoms with van der Waals surface area (Å²) in [7, 11) is 0. The van der Waals surface area contributed by atoms with Crippen LogP contribution in [0.15, 0.2) is 52.2 Å². The Morgan fingerprint density at radius 3 is 2.89 bits per heavy atom. The highest BCUT2D eigenvalue weighted by atomic mass is 32.1. The van der Waals surface area contributed by atoms with Gasteiger partial charge in [0.1, 0.15) is 11.9 Å². The maximum absolute atomic E-state index is 14.0. The molecule has 5 rings (SSSR count). The van der Waals surface area contributed by atoms with Crippen LogP contribution in [0.5, 0.6) is 0 Å². The van der Waals surface area contributed by atoms with Gasteiger partial charge in [-0.2, -0.15) is 5.10 Å². The van der Waals surface area contributed by atoms with E-state index in [9.17, 15) is 14.0 Å². The monoisotopic (exact) mass is 537 g/mol. The van der Waals surface area contributed by atoms with Gasteiger partial charge in [0.15, 0.2) is 10.8 Å². The minimum absolute atomic E-state index is 0.00393. The van der Waals surface area contributed by atoms with Crippen LogP contribution in [0.4, 0.5) is 4.39 Å². The number of rotatable bonds is 8. The standard InChI is InChI=1S/C27H28FN5O4S/c1-3-37-27(36)22-23(16-4-7-20-17(13-16)14-33(32-20)10-8-21(34)35)30-25(26-29-9-11-38-26)31-24(22)19-6-5-18(28)12-15(19)2/h5-6,9,11-12,14,16,24H,3-4,7-8,10,13H2,1-2H3,(H,30,31)(H,34,35). The van der Waals surface area contributed by atoms with Crippen molar-refractivity contribution in [1.82, 2.24) is 20.1 Å². The zero-order valence-corrected chi connectivity index (χ0v) is 21.9. The van der Waals surface area contributed by atoms with Gasteiger partial charge in [0.05, 0.1) is 30.8 Å². The average molecular weight is 538 g/mol. The number of allylic oxidation sites excluding steroid dienone is 1. The van der Waals surface area contributed by atoms with E-state index >= 15 is 0 Å². The first kappa shape index (κ1) is 25.8. The van der Waals surface area contributed by atoms with Gasteiger partial charge < -0.3 is 15.2 Å². The third-order valence-corrected chi connectivity index (χ3v) is 7.59. The third-order valence-electron chi connectivity index (χ3n) is 6.82. The summed E-state index contributed by atoms with van der Waals surface area (Å²) in [5.74, 6) is -1.20. The number of nitrogens with one attached hydrogen (secondary N) is 1. The smallest absolute Gasteiger partial charge is 0.338 e. The molecule has 2 N–H and O–H groups in total. The number of halogens is 1. The molecular weight excluding hydrogens is 509 g/mol. The highest BCUT2D eigenvalue weighted by Gasteiger charge is 2.37. The number of fused-ring (bicyclic) bond motifs is 1. The Balaban J connectivity index is 1.58. The molecule has 2 aromatic heterocycles. The molecule has 3 heterocycles. The number of nitrogens with zero attached hydrogens (tertiary/aromatic N) is 4. The number of carboxylic acid groups (broad SMARTS) is 1. The minimum Gasteiger partial charge on any atom is -0.481 e. The first-order valence-electron chi connectivity index (χ1n) is 12.5. The molecule has 1 aliphatic carbocycles. The van der Waals surface area contributed by atoms with E-state index in [1.165, 1.54) is 23.5 Å². The Bertz CT molecular complexity index is 1430. The van der Waals surface area contributed by atoms with Crippen LogP contribution in [-0.2, 0) is 33.7 Å². The number of aryl methyl sites for hydroxylation is 3. The molecule has 11 heteroatoms. The summed E-state index contributed by atoms with van der Waals surface area (Å²) in [6, 6.07) is 3.80. The molecule has 0 radical (unpaired) electrons. The summed E-state index contributed by atoms with van der Waals surface area (Å²) in [5.41, 5.74) is 4.51. The fourth-order valence-electron chi connectivity index (χ4n) is 5.07. The fraction of sp³-hybridized carbons (Fsp3) is 0.370. The SMILES string of the molecule is CCOC(=O)C1=C(C2CCc3nn(CCC(=O)O)cc3C2)NC(c2nccs2)=NC1c1ccc(F)cc1C. The highest BCUT2D eigenvalue weighted by Crippen LogP contribution is 2.39. The lowest BCUT2D eigenvalue weighted by Gasteiger charge is -2.33. The lowest BCUT2D eigenvalue weighted by atomic mass is 9.81. The molecule has 198 valence electrons. The van der Waals surface area contributed by atoms with Crippen LogP contribution in [0.1, 0.15) is 53.2 Å². The Morgan fingerprint density at radius 2 is 2.18 bits per heavy atom. The number of aliphatic imine (C=N–C) groups is 1. The third kappa shape index (κ3) is 5.24. The minimum atomic E-state index is -0.872. The topological polar surface area (TPSA) is 119 Å². The second kappa shape index (κ2) is 10.9. The number of ether oxygens (including phenoxy) is 1. The largest absolute Gasteiger partial charge is 0.481 e. The van der Waals surface area contributed by atoms with Crippen molar-refractivity contribution >= 4 is 29.1 Å². The molecule has 3 aromatic rings. The van der Waals surface area contributed by atoms with E-state index in [0.29, 0.717) is 41.4 Å². The highest BCUT2D eigenvalue weighted by molar-refractivity contribution is 7.11. The maximum Gasteiger partial charge on any atom is 0.338 e. The first-order valence-corrected chi connectivity index (χ1v) is 13.4. The molecule has 0 amide bonds. The molecule has 0 saturated carbocycles. The van der Waals surface area contributed by atoms with E-state index < -0.39 is 18.0 Å². The Morgan fingerprint density at radius 1 is 1.34 bits per heavy atom. The predicted octanol–water partition coefficient (Wildman–Crippen LogP) is 3.98. The number of carbonyl (C=O) groups is 2. The van der Waals surface area contributed by atoms with E-state index in [1.54, 1.807) is 30.8 Å². The number of amidine groups is 1. The van der Waals surface area contributed by atoms with Crippen molar-refractivity contribution in [2.45, 2.75) is 52.1 Å². The Labute approximate surface area is 223 Å². The molecule has 9 nitrogen and oxygen atoms in total. The van der Waals surface area contributed by atoms with Gasteiger partial charge >= 0.3 is 11.9 Å². The zero-order chi connectivity index (χ0) is 26.8. The molecular formula is C27H28FN5O4S. The average Bonchev–Trinajstić information content (AvgIpc) is 3.56. The quantitative estimate of drug-likeness (QED) is 0.417. The van der Waals surface area contributed by atoms with Crippen LogP contribution in [-0.4, -0.2) is 44.3 Å². The number of hydrogen-bond donors (Lipinski definition) is 2. The van der Waals surface area contributed by atoms with Gasteiger partial charge in [0.2, 0.25) is 0 Å². The van der Waals surface area contributed by atoms with Crippen molar-refractivity contribution in [2.75, 3.05) is 6.61 Å². The molecule has 1 aliphatic heterocycles. The normalized spacial score (nSPS) is 19.0. The summed E-state index contributed by atoms with van der Waals surface area (Å²) >= 11 is 1.44. The molecule has 1 aromatic carbocycles. The van der Waals surface area contributed by atoms with Crippen molar-refractivity contribution in [1.29, 1.82) is 0 Å². The molecule has 0 spiro atoms. The number of benzene rings is 1. The number of carboxylic acids is 1. The van der Waals surface area contributed by atoms with E-state index in [2.05, 4.69) is 15.4 Å². The van der Waals surface area contributed by atoms with Crippen molar-refractivity contribution in [2.24, 2.45) is 10.9 Å². The van der Waals surface area contributed by atoms with Crippen LogP contribution in [0.2, 0.25) is 0 Å². The van der Waals surface area contributed by atoms with Crippen molar-refractivity contribution < 1.29 is 23.8 Å². The van der Waals surface area contributed by atoms with Crippen LogP contribution in [0.3, 0.4) is 0 Å². The number of thiazole rings is 1. The lowest BCUT2D eigenvalue weighted by Crippen LogP contribution is -2.38. The number of esters is 1. The van der Waals surface area contributed by atoms with Crippen LogP contribution >= 0.6 is 11.3 Å². The number of aromatic nitrogens is 3. The summed E-state index contributed by atoms with van der Waals surface area (Å²) in [4.78, 5) is 33.8. The van der Waals surface area contributed by atoms with E-state index in [4.69, 9.17) is 14.8 Å². The lowest BCUT2D eigenvalue weighted by molar-refractivity contribution is -0.139. The summed E-state index contributed by atoms with van der Waals surface area (Å²) < 4.78 is 21.2. The Hall–Kier alpha value is -3.86.